The molecular formula is C16H18N2O5. The molecule has 7 nitrogen and oxygen atoms in total. The minimum atomic E-state index is -1.04. The molecule has 2 fully saturated rings. The van der Waals surface area contributed by atoms with Crippen molar-refractivity contribution in [2.24, 2.45) is 11.8 Å². The number of amides is 3. The number of methoxy groups -OCH3 is 1. The topological polar surface area (TPSA) is 87.2 Å². The Morgan fingerprint density at radius 2 is 1.87 bits per heavy atom. The first-order valence-corrected chi connectivity index (χ1v) is 7.47. The van der Waals surface area contributed by atoms with Gasteiger partial charge in [0.1, 0.15) is 5.75 Å². The molecule has 23 heavy (non-hydrogen) atoms. The summed E-state index contributed by atoms with van der Waals surface area (Å²) in [6.07, 6.45) is -0.641. The maximum atomic E-state index is 12.5. The smallest absolute Gasteiger partial charge is 0.407 e. The van der Waals surface area contributed by atoms with Gasteiger partial charge in [-0.1, -0.05) is 12.1 Å². The van der Waals surface area contributed by atoms with Crippen LogP contribution in [0.3, 0.4) is 0 Å². The highest BCUT2D eigenvalue weighted by Crippen LogP contribution is 2.34. The zero-order chi connectivity index (χ0) is 16.6. The van der Waals surface area contributed by atoms with Crippen LogP contribution in [-0.4, -0.2) is 53.0 Å². The molecule has 2 saturated heterocycles. The van der Waals surface area contributed by atoms with Crippen LogP contribution in [0.15, 0.2) is 24.3 Å². The van der Waals surface area contributed by atoms with Gasteiger partial charge in [-0.25, -0.2) is 4.79 Å². The molecule has 2 aliphatic heterocycles. The fourth-order valence-electron chi connectivity index (χ4n) is 3.25. The van der Waals surface area contributed by atoms with E-state index in [9.17, 15) is 14.4 Å². The van der Waals surface area contributed by atoms with Crippen LogP contribution in [0.2, 0.25) is 0 Å². The number of carbonyl (C=O) groups excluding carboxylic acids is 2. The van der Waals surface area contributed by atoms with Crippen LogP contribution in [0.25, 0.3) is 0 Å². The SMILES string of the molecule is COc1ccc(CN2C(=O)[C@H]3CCN(C(=O)O)C[C@H]3C2=O)cc1. The molecule has 0 saturated carbocycles. The Morgan fingerprint density at radius 3 is 2.48 bits per heavy atom. The monoisotopic (exact) mass is 318 g/mol. The van der Waals surface area contributed by atoms with Crippen molar-refractivity contribution in [2.45, 2.75) is 13.0 Å². The number of carboxylic acid groups (broad SMARTS) is 1. The average Bonchev–Trinajstić information content (AvgIpc) is 2.80. The summed E-state index contributed by atoms with van der Waals surface area (Å²) < 4.78 is 5.08. The van der Waals surface area contributed by atoms with E-state index in [1.807, 2.05) is 12.1 Å². The summed E-state index contributed by atoms with van der Waals surface area (Å²) in [5.41, 5.74) is 0.834. The van der Waals surface area contributed by atoms with Crippen molar-refractivity contribution in [3.63, 3.8) is 0 Å². The second-order valence-corrected chi connectivity index (χ2v) is 5.84. The summed E-state index contributed by atoms with van der Waals surface area (Å²) in [6.45, 7) is 0.608. The molecule has 0 aromatic heterocycles. The third-order valence-corrected chi connectivity index (χ3v) is 4.55. The molecule has 7 heteroatoms. The summed E-state index contributed by atoms with van der Waals surface area (Å²) in [7, 11) is 1.57. The van der Waals surface area contributed by atoms with Crippen molar-refractivity contribution < 1.29 is 24.2 Å². The van der Waals surface area contributed by atoms with Gasteiger partial charge in [-0.15, -0.1) is 0 Å². The van der Waals surface area contributed by atoms with Crippen LogP contribution >= 0.6 is 0 Å². The van der Waals surface area contributed by atoms with Crippen LogP contribution in [0.4, 0.5) is 4.79 Å². The third kappa shape index (κ3) is 2.74. The Labute approximate surface area is 133 Å². The molecule has 2 aliphatic rings. The van der Waals surface area contributed by atoms with Crippen LogP contribution in [-0.2, 0) is 16.1 Å². The molecule has 0 bridgehead atoms. The van der Waals surface area contributed by atoms with E-state index in [-0.39, 0.29) is 24.9 Å². The van der Waals surface area contributed by atoms with Crippen molar-refractivity contribution in [1.82, 2.24) is 9.80 Å². The number of imide groups is 1. The molecule has 1 aromatic rings. The van der Waals surface area contributed by atoms with Gasteiger partial charge in [0.05, 0.1) is 25.5 Å². The second kappa shape index (κ2) is 5.91. The molecule has 3 rings (SSSR count). The number of likely N-dealkylation sites (tertiary alicyclic amines) is 2. The van der Waals surface area contributed by atoms with Gasteiger partial charge < -0.3 is 14.7 Å². The Hall–Kier alpha value is -2.57. The number of fused-ring (bicyclic) bond motifs is 1. The molecule has 0 unspecified atom stereocenters. The number of nitrogens with zero attached hydrogens (tertiary/aromatic N) is 2. The minimum absolute atomic E-state index is 0.101. The summed E-state index contributed by atoms with van der Waals surface area (Å²) in [4.78, 5) is 38.5. The summed E-state index contributed by atoms with van der Waals surface area (Å²) in [6, 6.07) is 7.18. The van der Waals surface area contributed by atoms with Gasteiger partial charge in [0.25, 0.3) is 0 Å². The van der Waals surface area contributed by atoms with Crippen molar-refractivity contribution in [3.05, 3.63) is 29.8 Å². The van der Waals surface area contributed by atoms with Gasteiger partial charge in [-0.05, 0) is 24.1 Å². The first-order valence-electron chi connectivity index (χ1n) is 7.47. The number of hydrogen-bond donors (Lipinski definition) is 1. The molecule has 1 aromatic carbocycles. The number of carbonyl (C=O) groups is 3. The molecule has 3 amide bonds. The van der Waals surface area contributed by atoms with E-state index >= 15 is 0 Å². The maximum absolute atomic E-state index is 12.5. The summed E-state index contributed by atoms with van der Waals surface area (Å²) in [5.74, 6) is -0.705. The van der Waals surface area contributed by atoms with E-state index < -0.39 is 17.9 Å². The summed E-state index contributed by atoms with van der Waals surface area (Å²) >= 11 is 0. The highest BCUT2D eigenvalue weighted by molar-refractivity contribution is 6.05. The Balaban J connectivity index is 1.74. The highest BCUT2D eigenvalue weighted by Gasteiger charge is 2.50. The lowest BCUT2D eigenvalue weighted by Gasteiger charge is -2.30. The van der Waals surface area contributed by atoms with E-state index in [0.717, 1.165) is 5.56 Å². The fourth-order valence-corrected chi connectivity index (χ4v) is 3.25. The number of piperidine rings is 1. The van der Waals surface area contributed by atoms with Gasteiger partial charge in [0.2, 0.25) is 11.8 Å². The molecule has 0 spiro atoms. The Kier molecular flexibility index (Phi) is 3.94. The largest absolute Gasteiger partial charge is 0.497 e. The van der Waals surface area contributed by atoms with Gasteiger partial charge in [-0.3, -0.25) is 14.5 Å². The van der Waals surface area contributed by atoms with E-state index in [1.54, 1.807) is 19.2 Å². The molecule has 2 heterocycles. The molecule has 0 aliphatic carbocycles. The van der Waals surface area contributed by atoms with Gasteiger partial charge >= 0.3 is 6.09 Å². The lowest BCUT2D eigenvalue weighted by Crippen LogP contribution is -2.44. The maximum Gasteiger partial charge on any atom is 0.407 e. The molecular weight excluding hydrogens is 300 g/mol. The molecule has 122 valence electrons. The number of benzene rings is 1. The van der Waals surface area contributed by atoms with Crippen LogP contribution < -0.4 is 4.74 Å². The summed E-state index contributed by atoms with van der Waals surface area (Å²) in [5, 5.41) is 9.07. The fraction of sp³-hybridized carbons (Fsp3) is 0.438. The van der Waals surface area contributed by atoms with Crippen molar-refractivity contribution in [3.8, 4) is 5.75 Å². The minimum Gasteiger partial charge on any atom is -0.497 e. The Bertz CT molecular complexity index is 642. The van der Waals surface area contributed by atoms with Gasteiger partial charge in [0.15, 0.2) is 0 Å². The first kappa shape index (κ1) is 15.3. The predicted molar refractivity (Wildman–Crippen MR) is 79.7 cm³/mol. The first-order chi connectivity index (χ1) is 11.0. The Morgan fingerprint density at radius 1 is 1.22 bits per heavy atom. The lowest BCUT2D eigenvalue weighted by atomic mass is 9.88. The zero-order valence-electron chi connectivity index (χ0n) is 12.8. The van der Waals surface area contributed by atoms with E-state index in [1.165, 1.54) is 9.80 Å². The normalized spacial score (nSPS) is 23.9. The zero-order valence-corrected chi connectivity index (χ0v) is 12.8. The van der Waals surface area contributed by atoms with E-state index in [2.05, 4.69) is 0 Å². The second-order valence-electron chi connectivity index (χ2n) is 5.84. The molecule has 2 atom stereocenters. The van der Waals surface area contributed by atoms with Crippen LogP contribution in [0, 0.1) is 11.8 Å². The van der Waals surface area contributed by atoms with E-state index in [0.29, 0.717) is 18.7 Å². The van der Waals surface area contributed by atoms with Crippen molar-refractivity contribution in [1.29, 1.82) is 0 Å². The predicted octanol–water partition coefficient (Wildman–Crippen LogP) is 1.18. The number of ether oxygens (including phenoxy) is 1. The average molecular weight is 318 g/mol. The third-order valence-electron chi connectivity index (χ3n) is 4.55. The van der Waals surface area contributed by atoms with Crippen LogP contribution in [0.1, 0.15) is 12.0 Å². The quantitative estimate of drug-likeness (QED) is 0.846. The van der Waals surface area contributed by atoms with Gasteiger partial charge in [-0.2, -0.15) is 0 Å². The highest BCUT2D eigenvalue weighted by atomic mass is 16.5. The molecule has 0 radical (unpaired) electrons. The van der Waals surface area contributed by atoms with Crippen molar-refractivity contribution >= 4 is 17.9 Å². The lowest BCUT2D eigenvalue weighted by molar-refractivity contribution is -0.140. The van der Waals surface area contributed by atoms with Gasteiger partial charge in [0, 0.05) is 13.1 Å². The van der Waals surface area contributed by atoms with Crippen LogP contribution in [0.5, 0.6) is 5.75 Å². The van der Waals surface area contributed by atoms with Crippen molar-refractivity contribution in [2.75, 3.05) is 20.2 Å². The standard InChI is InChI=1S/C16H18N2O5/c1-23-11-4-2-10(3-5-11)8-18-14(19)12-6-7-17(16(21)22)9-13(12)15(18)20/h2-5,12-13H,6-9H2,1H3,(H,21,22)/t12-,13+/m0/s1. The van der Waals surface area contributed by atoms with E-state index in [4.69, 9.17) is 9.84 Å². The number of hydrogen-bond acceptors (Lipinski definition) is 4. The molecule has 1 N–H and O–H groups in total. The number of rotatable bonds is 3.